The molecule has 0 aliphatic heterocycles. The molecule has 0 aliphatic carbocycles. The van der Waals surface area contributed by atoms with Crippen molar-refractivity contribution < 1.29 is 4.79 Å². The van der Waals surface area contributed by atoms with Gasteiger partial charge in [-0.05, 0) is 12.1 Å². The minimum atomic E-state index is 0. The molecular weight excluding hydrogens is 229 g/mol. The molecule has 0 radical (unpaired) electrons. The van der Waals surface area contributed by atoms with E-state index in [1.54, 1.807) is 24.5 Å². The summed E-state index contributed by atoms with van der Waals surface area (Å²) in [4.78, 5) is 14.7. The van der Waals surface area contributed by atoms with Gasteiger partial charge in [-0.2, -0.15) is 0 Å². The summed E-state index contributed by atoms with van der Waals surface area (Å²) < 4.78 is 0. The summed E-state index contributed by atoms with van der Waals surface area (Å²) in [5.41, 5.74) is 0.701. The average Bonchev–Trinajstić information content (AvgIpc) is 2.05. The quantitative estimate of drug-likeness (QED) is 0.581. The lowest BCUT2D eigenvalue weighted by molar-refractivity contribution is 0.102. The van der Waals surface area contributed by atoms with Gasteiger partial charge in [0.1, 0.15) is 0 Å². The Bertz CT molecular complexity index is 227. The van der Waals surface area contributed by atoms with Gasteiger partial charge in [0.25, 0.3) is 0 Å². The minimum absolute atomic E-state index is 0. The van der Waals surface area contributed by atoms with E-state index in [9.17, 15) is 4.79 Å². The topological polar surface area (TPSA) is 30.0 Å². The first kappa shape index (κ1) is 10.6. The Hall–Kier alpha value is -0.410. The molecule has 11 heavy (non-hydrogen) atoms. The van der Waals surface area contributed by atoms with Crippen molar-refractivity contribution in [1.29, 1.82) is 0 Å². The standard InChI is InChI=1S/C7H6BrNO.ClH/c8-5-7(10)6-1-3-9-4-2-6;/h1-4H,5H2;1H. The smallest absolute Gasteiger partial charge is 0.173 e. The fourth-order valence-electron chi connectivity index (χ4n) is 0.615. The van der Waals surface area contributed by atoms with E-state index in [2.05, 4.69) is 20.9 Å². The normalized spacial score (nSPS) is 8.45. The SMILES string of the molecule is Cl.O=C(CBr)c1ccncc1. The van der Waals surface area contributed by atoms with Gasteiger partial charge in [0, 0.05) is 18.0 Å². The molecule has 1 heterocycles. The second kappa shape index (κ2) is 5.27. The summed E-state index contributed by atoms with van der Waals surface area (Å²) in [6.45, 7) is 0. The molecule has 60 valence electrons. The Morgan fingerprint density at radius 3 is 2.45 bits per heavy atom. The summed E-state index contributed by atoms with van der Waals surface area (Å²) in [5.74, 6) is 0.0856. The number of aromatic nitrogens is 1. The second-order valence-electron chi connectivity index (χ2n) is 1.79. The molecule has 0 aromatic carbocycles. The Kier molecular flexibility index (Phi) is 5.07. The van der Waals surface area contributed by atoms with Gasteiger partial charge >= 0.3 is 0 Å². The van der Waals surface area contributed by atoms with Crippen molar-refractivity contribution >= 4 is 34.1 Å². The van der Waals surface area contributed by atoms with Crippen molar-refractivity contribution in [3.8, 4) is 0 Å². The van der Waals surface area contributed by atoms with Crippen LogP contribution in [0.2, 0.25) is 0 Å². The van der Waals surface area contributed by atoms with Crippen LogP contribution in [0.1, 0.15) is 10.4 Å². The maximum absolute atomic E-state index is 10.9. The van der Waals surface area contributed by atoms with Gasteiger partial charge in [-0.1, -0.05) is 15.9 Å². The second-order valence-corrected chi connectivity index (χ2v) is 2.35. The Balaban J connectivity index is 0.000001000. The molecule has 0 saturated heterocycles. The molecule has 2 nitrogen and oxygen atoms in total. The summed E-state index contributed by atoms with van der Waals surface area (Å²) in [5, 5.41) is 0.372. The molecule has 1 aromatic rings. The van der Waals surface area contributed by atoms with Gasteiger partial charge in [0.2, 0.25) is 0 Å². The molecule has 0 saturated carbocycles. The van der Waals surface area contributed by atoms with Gasteiger partial charge in [-0.25, -0.2) is 0 Å². The highest BCUT2D eigenvalue weighted by Crippen LogP contribution is 1.99. The first-order chi connectivity index (χ1) is 4.84. The van der Waals surface area contributed by atoms with E-state index in [0.29, 0.717) is 10.9 Å². The lowest BCUT2D eigenvalue weighted by Gasteiger charge is -1.92. The lowest BCUT2D eigenvalue weighted by Crippen LogP contribution is -1.98. The first-order valence-electron chi connectivity index (χ1n) is 2.84. The minimum Gasteiger partial charge on any atom is -0.293 e. The van der Waals surface area contributed by atoms with E-state index in [0.717, 1.165) is 0 Å². The van der Waals surface area contributed by atoms with Gasteiger partial charge < -0.3 is 0 Å². The van der Waals surface area contributed by atoms with E-state index in [1.165, 1.54) is 0 Å². The predicted molar refractivity (Wildman–Crippen MR) is 49.6 cm³/mol. The Labute approximate surface area is 79.6 Å². The van der Waals surface area contributed by atoms with Crippen LogP contribution in [0.3, 0.4) is 0 Å². The maximum atomic E-state index is 10.9. The molecule has 0 atom stereocenters. The van der Waals surface area contributed by atoms with Crippen molar-refractivity contribution in [1.82, 2.24) is 4.98 Å². The number of hydrogen-bond donors (Lipinski definition) is 0. The lowest BCUT2D eigenvalue weighted by atomic mass is 10.2. The molecule has 1 aromatic heterocycles. The zero-order valence-electron chi connectivity index (χ0n) is 5.66. The number of alkyl halides is 1. The van der Waals surface area contributed by atoms with Crippen molar-refractivity contribution in [2.75, 3.05) is 5.33 Å². The van der Waals surface area contributed by atoms with Crippen LogP contribution in [0.15, 0.2) is 24.5 Å². The molecular formula is C7H7BrClNO. The first-order valence-corrected chi connectivity index (χ1v) is 3.96. The fraction of sp³-hybridized carbons (Fsp3) is 0.143. The highest BCUT2D eigenvalue weighted by Gasteiger charge is 2.00. The third-order valence-electron chi connectivity index (χ3n) is 1.12. The zero-order valence-corrected chi connectivity index (χ0v) is 8.06. The number of pyridine rings is 1. The molecule has 0 spiro atoms. The molecule has 1 rings (SSSR count). The van der Waals surface area contributed by atoms with E-state index in [-0.39, 0.29) is 18.2 Å². The molecule has 4 heteroatoms. The van der Waals surface area contributed by atoms with Crippen LogP contribution in [-0.4, -0.2) is 16.1 Å². The highest BCUT2D eigenvalue weighted by atomic mass is 79.9. The van der Waals surface area contributed by atoms with Crippen LogP contribution >= 0.6 is 28.3 Å². The average molecular weight is 236 g/mol. The number of carbonyl (C=O) groups excluding carboxylic acids is 1. The maximum Gasteiger partial charge on any atom is 0.173 e. The molecule has 0 N–H and O–H groups in total. The predicted octanol–water partition coefficient (Wildman–Crippen LogP) is 2.08. The third-order valence-corrected chi connectivity index (χ3v) is 1.63. The summed E-state index contributed by atoms with van der Waals surface area (Å²) in [6, 6.07) is 3.40. The van der Waals surface area contributed by atoms with Crippen molar-refractivity contribution in [2.24, 2.45) is 0 Å². The van der Waals surface area contributed by atoms with Crippen LogP contribution in [0.5, 0.6) is 0 Å². The summed E-state index contributed by atoms with van der Waals surface area (Å²) in [6.07, 6.45) is 3.21. The van der Waals surface area contributed by atoms with Crippen molar-refractivity contribution in [2.45, 2.75) is 0 Å². The van der Waals surface area contributed by atoms with Gasteiger partial charge in [-0.15, -0.1) is 12.4 Å². The molecule has 0 fully saturated rings. The van der Waals surface area contributed by atoms with Gasteiger partial charge in [0.15, 0.2) is 5.78 Å². The van der Waals surface area contributed by atoms with E-state index in [4.69, 9.17) is 0 Å². The van der Waals surface area contributed by atoms with Gasteiger partial charge in [0.05, 0.1) is 5.33 Å². The van der Waals surface area contributed by atoms with Crippen LogP contribution in [-0.2, 0) is 0 Å². The largest absolute Gasteiger partial charge is 0.293 e. The fourth-order valence-corrected chi connectivity index (χ4v) is 0.939. The Morgan fingerprint density at radius 2 is 2.00 bits per heavy atom. The number of carbonyl (C=O) groups is 1. The van der Waals surface area contributed by atoms with Crippen molar-refractivity contribution in [3.63, 3.8) is 0 Å². The van der Waals surface area contributed by atoms with Crippen LogP contribution in [0.25, 0.3) is 0 Å². The molecule has 0 bridgehead atoms. The number of Topliss-reactive ketones (excluding diaryl/α,β-unsaturated/α-hetero) is 1. The molecule has 0 aliphatic rings. The van der Waals surface area contributed by atoms with Crippen LogP contribution < -0.4 is 0 Å². The van der Waals surface area contributed by atoms with E-state index < -0.39 is 0 Å². The number of hydrogen-bond acceptors (Lipinski definition) is 2. The van der Waals surface area contributed by atoms with Crippen LogP contribution in [0, 0.1) is 0 Å². The van der Waals surface area contributed by atoms with Crippen LogP contribution in [0.4, 0.5) is 0 Å². The monoisotopic (exact) mass is 235 g/mol. The number of ketones is 1. The van der Waals surface area contributed by atoms with Crippen molar-refractivity contribution in [3.05, 3.63) is 30.1 Å². The molecule has 0 unspecified atom stereocenters. The third kappa shape index (κ3) is 2.99. The summed E-state index contributed by atoms with van der Waals surface area (Å²) >= 11 is 3.08. The summed E-state index contributed by atoms with van der Waals surface area (Å²) in [7, 11) is 0. The number of halogens is 2. The zero-order chi connectivity index (χ0) is 7.40. The highest BCUT2D eigenvalue weighted by molar-refractivity contribution is 9.09. The van der Waals surface area contributed by atoms with E-state index >= 15 is 0 Å². The molecule has 0 amide bonds. The Morgan fingerprint density at radius 1 is 1.45 bits per heavy atom. The number of nitrogens with zero attached hydrogens (tertiary/aromatic N) is 1. The van der Waals surface area contributed by atoms with E-state index in [1.807, 2.05) is 0 Å². The number of rotatable bonds is 2. The van der Waals surface area contributed by atoms with Gasteiger partial charge in [-0.3, -0.25) is 9.78 Å².